The minimum atomic E-state index is -0.333. The molecule has 0 aromatic rings. The molecule has 0 radical (unpaired) electrons. The van der Waals surface area contributed by atoms with Gasteiger partial charge in [-0.1, -0.05) is 40.0 Å². The molecule has 0 amide bonds. The molecule has 0 saturated carbocycles. The predicted molar refractivity (Wildman–Crippen MR) is 64.5 cm³/mol. The van der Waals surface area contributed by atoms with Crippen molar-refractivity contribution in [3.63, 3.8) is 0 Å². The zero-order valence-corrected chi connectivity index (χ0v) is 12.8. The minimum absolute atomic E-state index is 0. The molecule has 0 aromatic carbocycles. The van der Waals surface area contributed by atoms with Crippen LogP contribution in [0.5, 0.6) is 0 Å². The summed E-state index contributed by atoms with van der Waals surface area (Å²) in [5.41, 5.74) is 0. The Kier molecular flexibility index (Phi) is 12.4. The van der Waals surface area contributed by atoms with E-state index in [1.807, 2.05) is 6.92 Å². The summed E-state index contributed by atoms with van der Waals surface area (Å²) in [4.78, 5) is 0. The Balaban J connectivity index is 0. The first-order valence-electron chi connectivity index (χ1n) is 5.88. The molecule has 0 atom stereocenters. The molecule has 0 heterocycles. The zero-order valence-electron chi connectivity index (χ0n) is 10.8. The molecule has 0 nitrogen and oxygen atoms in total. The fourth-order valence-electron chi connectivity index (χ4n) is 2.61. The Hall–Kier alpha value is 0.625. The van der Waals surface area contributed by atoms with Gasteiger partial charge < -0.3 is 5.82 Å². The molecular weight excluding hydrogens is 178 g/mol. The third-order valence-electron chi connectivity index (χ3n) is 2.97. The number of hydrogen-bond acceptors (Lipinski definition) is 0. The molecule has 0 N–H and O–H groups in total. The van der Waals surface area contributed by atoms with E-state index in [0.717, 1.165) is 0 Å². The van der Waals surface area contributed by atoms with Crippen LogP contribution in [0, 0.1) is 11.7 Å². The van der Waals surface area contributed by atoms with Crippen LogP contribution in [0.25, 0.3) is 0 Å². The molecule has 2 heteroatoms. The molecule has 0 aromatic heterocycles. The van der Waals surface area contributed by atoms with Gasteiger partial charge in [0.1, 0.15) is 0 Å². The van der Waals surface area contributed by atoms with Crippen LogP contribution >= 0.6 is 0 Å². The maximum Gasteiger partial charge on any atom is 1.00 e. The summed E-state index contributed by atoms with van der Waals surface area (Å²) in [5, 5.41) is 0. The quantitative estimate of drug-likeness (QED) is 0.449. The summed E-state index contributed by atoms with van der Waals surface area (Å²) in [6, 6.07) is 0. The summed E-state index contributed by atoms with van der Waals surface area (Å²) in [6.07, 6.45) is 7.53. The first kappa shape index (κ1) is 17.0. The van der Waals surface area contributed by atoms with Gasteiger partial charge >= 0.3 is 29.6 Å². The molecule has 14 heavy (non-hydrogen) atoms. The Bertz CT molecular complexity index is 161. The Morgan fingerprint density at radius 2 is 1.21 bits per heavy atom. The van der Waals surface area contributed by atoms with Gasteiger partial charge in [0.05, 0.1) is 6.15 Å². The molecule has 0 rings (SSSR count). The molecule has 0 bridgehead atoms. The smallest absolute Gasteiger partial charge is 0.315 e. The molecule has 0 saturated heterocycles. The number of hydrogen-bond donors (Lipinski definition) is 0. The molecule has 0 aliphatic carbocycles. The van der Waals surface area contributed by atoms with Gasteiger partial charge in [-0.3, -0.25) is 0 Å². The van der Waals surface area contributed by atoms with E-state index in [1.165, 1.54) is 38.2 Å². The second kappa shape index (κ2) is 10.2. The van der Waals surface area contributed by atoms with Crippen molar-refractivity contribution in [3.8, 4) is 11.7 Å². The molecule has 0 unspecified atom stereocenters. The van der Waals surface area contributed by atoms with Gasteiger partial charge in [0.25, 0.3) is 0 Å². The van der Waals surface area contributed by atoms with Crippen LogP contribution in [-0.2, 0) is 0 Å². The van der Waals surface area contributed by atoms with Crippen LogP contribution in [0.1, 0.15) is 47.0 Å². The average Bonchev–Trinajstić information content (AvgIpc) is 2.06. The maximum absolute atomic E-state index is 3.51. The van der Waals surface area contributed by atoms with E-state index in [0.29, 0.717) is 0 Å². The Labute approximate surface area is 113 Å². The van der Waals surface area contributed by atoms with Crippen molar-refractivity contribution < 1.29 is 29.6 Å². The summed E-state index contributed by atoms with van der Waals surface area (Å²) in [6.45, 7) is 8.81. The minimum Gasteiger partial charge on any atom is -0.315 e. The van der Waals surface area contributed by atoms with Gasteiger partial charge in [0.2, 0.25) is 0 Å². The predicted octanol–water partition coefficient (Wildman–Crippen LogP) is 1.23. The third kappa shape index (κ3) is 6.17. The van der Waals surface area contributed by atoms with E-state index in [9.17, 15) is 0 Å². The molecule has 76 valence electrons. The average molecular weight is 202 g/mol. The van der Waals surface area contributed by atoms with Crippen LogP contribution in [0.3, 0.4) is 0 Å². The monoisotopic (exact) mass is 202 g/mol. The van der Waals surface area contributed by atoms with E-state index in [4.69, 9.17) is 0 Å². The zero-order chi connectivity index (χ0) is 10.2. The van der Waals surface area contributed by atoms with Gasteiger partial charge in [-0.15, -0.1) is 0 Å². The fourth-order valence-corrected chi connectivity index (χ4v) is 2.61. The van der Waals surface area contributed by atoms with E-state index in [1.54, 1.807) is 0 Å². The SMILES string of the molecule is CC#C[B-](CCC)(CCC)CCC.[Na+]. The van der Waals surface area contributed by atoms with E-state index < -0.39 is 0 Å². The summed E-state index contributed by atoms with van der Waals surface area (Å²) in [7, 11) is 0. The first-order chi connectivity index (χ1) is 6.24. The topological polar surface area (TPSA) is 0 Å². The van der Waals surface area contributed by atoms with Crippen LogP contribution in [-0.4, -0.2) is 6.15 Å². The van der Waals surface area contributed by atoms with Crippen LogP contribution in [0.4, 0.5) is 0 Å². The maximum atomic E-state index is 3.51. The summed E-state index contributed by atoms with van der Waals surface area (Å²) < 4.78 is 0. The fraction of sp³-hybridized carbons (Fsp3) is 0.833. The van der Waals surface area contributed by atoms with Crippen molar-refractivity contribution in [1.82, 2.24) is 0 Å². The van der Waals surface area contributed by atoms with Crippen molar-refractivity contribution >= 4 is 6.15 Å². The van der Waals surface area contributed by atoms with Gasteiger partial charge in [-0.2, -0.15) is 24.9 Å². The van der Waals surface area contributed by atoms with E-state index >= 15 is 0 Å². The normalized spacial score (nSPS) is 10.0. The van der Waals surface area contributed by atoms with Gasteiger partial charge in [0, 0.05) is 0 Å². The van der Waals surface area contributed by atoms with Crippen molar-refractivity contribution in [2.75, 3.05) is 0 Å². The van der Waals surface area contributed by atoms with Crippen LogP contribution in [0.2, 0.25) is 19.0 Å². The molecule has 0 fully saturated rings. The Morgan fingerprint density at radius 1 is 0.857 bits per heavy atom. The van der Waals surface area contributed by atoms with Crippen molar-refractivity contribution in [3.05, 3.63) is 0 Å². The second-order valence-corrected chi connectivity index (χ2v) is 4.24. The summed E-state index contributed by atoms with van der Waals surface area (Å²) >= 11 is 0. The van der Waals surface area contributed by atoms with Crippen LogP contribution in [0.15, 0.2) is 0 Å². The van der Waals surface area contributed by atoms with Crippen molar-refractivity contribution in [1.29, 1.82) is 0 Å². The standard InChI is InChI=1S/C12H24B.Na/c1-5-9-13(10-6-2,11-7-3)12-8-4;/h5-7,9-11H2,1-4H3;/q-1;+1. The summed E-state index contributed by atoms with van der Waals surface area (Å²) in [5.74, 6) is 6.65. The molecule has 0 aliphatic rings. The third-order valence-corrected chi connectivity index (χ3v) is 2.97. The molecule has 0 spiro atoms. The second-order valence-electron chi connectivity index (χ2n) is 4.24. The largest absolute Gasteiger partial charge is 1.00 e. The van der Waals surface area contributed by atoms with Crippen molar-refractivity contribution in [2.45, 2.75) is 65.9 Å². The van der Waals surface area contributed by atoms with Gasteiger partial charge in [0.15, 0.2) is 0 Å². The van der Waals surface area contributed by atoms with Crippen molar-refractivity contribution in [2.24, 2.45) is 0 Å². The molecular formula is C12H24BNa. The van der Waals surface area contributed by atoms with Gasteiger partial charge in [-0.05, 0) is 6.92 Å². The number of rotatable bonds is 6. The van der Waals surface area contributed by atoms with E-state index in [-0.39, 0.29) is 35.7 Å². The molecule has 0 aliphatic heterocycles. The van der Waals surface area contributed by atoms with Gasteiger partial charge in [-0.25, -0.2) is 0 Å². The van der Waals surface area contributed by atoms with Crippen LogP contribution < -0.4 is 29.6 Å². The Morgan fingerprint density at radius 3 is 1.43 bits per heavy atom. The first-order valence-corrected chi connectivity index (χ1v) is 5.88. The van der Waals surface area contributed by atoms with E-state index in [2.05, 4.69) is 32.5 Å².